The number of halogens is 2. The second-order valence-electron chi connectivity index (χ2n) is 6.44. The van der Waals surface area contributed by atoms with Gasteiger partial charge < -0.3 is 24.8 Å². The third-order valence-corrected chi connectivity index (χ3v) is 3.87. The van der Waals surface area contributed by atoms with Crippen molar-refractivity contribution in [3.8, 4) is 5.75 Å². The molecular weight excluding hydrogens is 464 g/mol. The molecule has 0 saturated carbocycles. The molecule has 1 aliphatic rings. The van der Waals surface area contributed by atoms with Crippen LogP contribution in [-0.2, 0) is 9.47 Å². The lowest BCUT2D eigenvalue weighted by Crippen LogP contribution is -2.45. The van der Waals surface area contributed by atoms with Crippen LogP contribution in [0.15, 0.2) is 29.3 Å². The summed E-state index contributed by atoms with van der Waals surface area (Å²) in [6.07, 6.45) is 0.892. The van der Waals surface area contributed by atoms with Crippen LogP contribution >= 0.6 is 24.0 Å². The second-order valence-corrected chi connectivity index (χ2v) is 6.44. The van der Waals surface area contributed by atoms with Crippen molar-refractivity contribution in [2.45, 2.75) is 45.4 Å². The highest BCUT2D eigenvalue weighted by atomic mass is 127. The van der Waals surface area contributed by atoms with Gasteiger partial charge in [0, 0.05) is 19.2 Å². The lowest BCUT2D eigenvalue weighted by molar-refractivity contribution is 0.0347. The molecule has 8 heteroatoms. The maximum atomic E-state index is 13.6. The van der Waals surface area contributed by atoms with Crippen LogP contribution in [0.2, 0.25) is 0 Å². The van der Waals surface area contributed by atoms with E-state index in [0.717, 1.165) is 19.6 Å². The highest BCUT2D eigenvalue weighted by Gasteiger charge is 2.17. The van der Waals surface area contributed by atoms with Gasteiger partial charge in [0.15, 0.2) is 17.5 Å². The maximum absolute atomic E-state index is 13.6. The summed E-state index contributed by atoms with van der Waals surface area (Å²) in [6, 6.07) is 6.49. The number of ether oxygens (including phenoxy) is 3. The van der Waals surface area contributed by atoms with Crippen LogP contribution in [0.3, 0.4) is 0 Å². The van der Waals surface area contributed by atoms with E-state index in [-0.39, 0.29) is 53.8 Å². The number of hydrogen-bond donors (Lipinski definition) is 2. The van der Waals surface area contributed by atoms with Gasteiger partial charge in [-0.2, -0.15) is 0 Å². The Kier molecular flexibility index (Phi) is 11.6. The van der Waals surface area contributed by atoms with E-state index in [1.165, 1.54) is 6.07 Å². The molecule has 1 aromatic carbocycles. The SMILES string of the molecule is CCNC(=NCC(C)Oc1ccccc1F)NC(C)COC1CCOC1.I. The first-order chi connectivity index (χ1) is 12.6. The van der Waals surface area contributed by atoms with Gasteiger partial charge in [0.05, 0.1) is 25.9 Å². The fourth-order valence-corrected chi connectivity index (χ4v) is 2.53. The summed E-state index contributed by atoms with van der Waals surface area (Å²) >= 11 is 0. The van der Waals surface area contributed by atoms with Gasteiger partial charge in [-0.3, -0.25) is 0 Å². The van der Waals surface area contributed by atoms with Gasteiger partial charge >= 0.3 is 0 Å². The molecule has 0 spiro atoms. The third kappa shape index (κ3) is 9.07. The largest absolute Gasteiger partial charge is 0.486 e. The van der Waals surface area contributed by atoms with Crippen molar-refractivity contribution in [1.82, 2.24) is 10.6 Å². The average Bonchev–Trinajstić information content (AvgIpc) is 3.14. The van der Waals surface area contributed by atoms with Crippen molar-refractivity contribution in [1.29, 1.82) is 0 Å². The van der Waals surface area contributed by atoms with Gasteiger partial charge in [0.2, 0.25) is 0 Å². The first-order valence-corrected chi connectivity index (χ1v) is 9.23. The molecular formula is C19H31FIN3O3. The molecule has 154 valence electrons. The zero-order valence-corrected chi connectivity index (χ0v) is 18.6. The third-order valence-electron chi connectivity index (χ3n) is 3.87. The summed E-state index contributed by atoms with van der Waals surface area (Å²) in [5.41, 5.74) is 0. The van der Waals surface area contributed by atoms with Gasteiger partial charge in [-0.1, -0.05) is 12.1 Å². The number of nitrogens with zero attached hydrogens (tertiary/aromatic N) is 1. The average molecular weight is 495 g/mol. The molecule has 0 aromatic heterocycles. The molecule has 1 aliphatic heterocycles. The quantitative estimate of drug-likeness (QED) is 0.314. The molecule has 1 saturated heterocycles. The fourth-order valence-electron chi connectivity index (χ4n) is 2.53. The standard InChI is InChI=1S/C19H30FN3O3.HI/c1-4-21-19(23-14(2)12-25-16-9-10-24-13-16)22-11-15(3)26-18-8-6-5-7-17(18)20;/h5-8,14-16H,4,9-13H2,1-3H3,(H2,21,22,23);1H. The molecule has 2 rings (SSSR count). The number of rotatable bonds is 9. The number of aliphatic imine (C=N–C) groups is 1. The molecule has 0 amide bonds. The van der Waals surface area contributed by atoms with E-state index in [9.17, 15) is 4.39 Å². The smallest absolute Gasteiger partial charge is 0.191 e. The van der Waals surface area contributed by atoms with Crippen LogP contribution < -0.4 is 15.4 Å². The van der Waals surface area contributed by atoms with Crippen LogP contribution in [0, 0.1) is 5.82 Å². The molecule has 0 aliphatic carbocycles. The number of benzene rings is 1. The minimum absolute atomic E-state index is 0. The Morgan fingerprint density at radius 1 is 1.37 bits per heavy atom. The van der Waals surface area contributed by atoms with Crippen molar-refractivity contribution < 1.29 is 18.6 Å². The maximum Gasteiger partial charge on any atom is 0.191 e. The van der Waals surface area contributed by atoms with E-state index >= 15 is 0 Å². The Morgan fingerprint density at radius 3 is 2.81 bits per heavy atom. The minimum atomic E-state index is -0.366. The van der Waals surface area contributed by atoms with Crippen LogP contribution in [0.25, 0.3) is 0 Å². The molecule has 3 unspecified atom stereocenters. The predicted molar refractivity (Wildman–Crippen MR) is 116 cm³/mol. The topological polar surface area (TPSA) is 64.1 Å². The van der Waals surface area contributed by atoms with E-state index in [1.807, 2.05) is 20.8 Å². The van der Waals surface area contributed by atoms with Gasteiger partial charge in [-0.15, -0.1) is 24.0 Å². The molecule has 1 heterocycles. The number of para-hydroxylation sites is 1. The van der Waals surface area contributed by atoms with Gasteiger partial charge in [-0.05, 0) is 39.3 Å². The van der Waals surface area contributed by atoms with Gasteiger partial charge in [0.25, 0.3) is 0 Å². The Labute approximate surface area is 178 Å². The summed E-state index contributed by atoms with van der Waals surface area (Å²) in [4.78, 5) is 4.53. The fraction of sp³-hybridized carbons (Fsp3) is 0.632. The summed E-state index contributed by atoms with van der Waals surface area (Å²) in [5, 5.41) is 6.52. The van der Waals surface area contributed by atoms with Crippen molar-refractivity contribution in [2.75, 3.05) is 32.9 Å². The Hall–Kier alpha value is -1.13. The molecule has 0 radical (unpaired) electrons. The van der Waals surface area contributed by atoms with Crippen LogP contribution in [0.1, 0.15) is 27.2 Å². The lowest BCUT2D eigenvalue weighted by atomic mass is 10.3. The molecule has 6 nitrogen and oxygen atoms in total. The van der Waals surface area contributed by atoms with Crippen LogP contribution in [0.5, 0.6) is 5.75 Å². The van der Waals surface area contributed by atoms with Crippen LogP contribution in [-0.4, -0.2) is 57.1 Å². The highest BCUT2D eigenvalue weighted by molar-refractivity contribution is 14.0. The van der Waals surface area contributed by atoms with E-state index < -0.39 is 0 Å². The Morgan fingerprint density at radius 2 is 2.15 bits per heavy atom. The Bertz CT molecular complexity index is 571. The molecule has 2 N–H and O–H groups in total. The molecule has 3 atom stereocenters. The highest BCUT2D eigenvalue weighted by Crippen LogP contribution is 2.17. The van der Waals surface area contributed by atoms with Crippen molar-refractivity contribution in [3.63, 3.8) is 0 Å². The van der Waals surface area contributed by atoms with Gasteiger partial charge in [-0.25, -0.2) is 9.38 Å². The summed E-state index contributed by atoms with van der Waals surface area (Å²) in [5.74, 6) is 0.569. The van der Waals surface area contributed by atoms with E-state index in [4.69, 9.17) is 14.2 Å². The Balaban J connectivity index is 0.00000364. The summed E-state index contributed by atoms with van der Waals surface area (Å²) < 4.78 is 30.4. The van der Waals surface area contributed by atoms with Crippen LogP contribution in [0.4, 0.5) is 4.39 Å². The van der Waals surface area contributed by atoms with E-state index in [2.05, 4.69) is 15.6 Å². The van der Waals surface area contributed by atoms with Gasteiger partial charge in [0.1, 0.15) is 6.10 Å². The first-order valence-electron chi connectivity index (χ1n) is 9.23. The normalized spacial score (nSPS) is 19.1. The number of guanidine groups is 1. The lowest BCUT2D eigenvalue weighted by Gasteiger charge is -2.20. The number of nitrogens with one attached hydrogen (secondary N) is 2. The summed E-state index contributed by atoms with van der Waals surface area (Å²) in [7, 11) is 0. The minimum Gasteiger partial charge on any atom is -0.486 e. The number of hydrogen-bond acceptors (Lipinski definition) is 4. The summed E-state index contributed by atoms with van der Waals surface area (Å²) in [6.45, 7) is 9.11. The predicted octanol–water partition coefficient (Wildman–Crippen LogP) is 2.96. The second kappa shape index (κ2) is 13.1. The zero-order chi connectivity index (χ0) is 18.8. The zero-order valence-electron chi connectivity index (χ0n) is 16.2. The van der Waals surface area contributed by atoms with Crippen molar-refractivity contribution >= 4 is 29.9 Å². The monoisotopic (exact) mass is 495 g/mol. The molecule has 27 heavy (non-hydrogen) atoms. The first kappa shape index (κ1) is 23.9. The van der Waals surface area contributed by atoms with E-state index in [0.29, 0.717) is 25.7 Å². The van der Waals surface area contributed by atoms with Crippen molar-refractivity contribution in [2.24, 2.45) is 4.99 Å². The van der Waals surface area contributed by atoms with Crippen molar-refractivity contribution in [3.05, 3.63) is 30.1 Å². The molecule has 1 aromatic rings. The van der Waals surface area contributed by atoms with E-state index in [1.54, 1.807) is 18.2 Å². The molecule has 1 fully saturated rings. The molecule has 0 bridgehead atoms.